The van der Waals surface area contributed by atoms with Gasteiger partial charge in [-0.3, -0.25) is 0 Å². The van der Waals surface area contributed by atoms with Crippen LogP contribution in [0.25, 0.3) is 0 Å². The fourth-order valence-corrected chi connectivity index (χ4v) is 2.30. The molecule has 2 aliphatic rings. The second kappa shape index (κ2) is 3.95. The van der Waals surface area contributed by atoms with Gasteiger partial charge in [-0.25, -0.2) is 0 Å². The van der Waals surface area contributed by atoms with E-state index in [1.54, 1.807) is 0 Å². The van der Waals surface area contributed by atoms with E-state index in [1.807, 2.05) is 0 Å². The van der Waals surface area contributed by atoms with Gasteiger partial charge in [-0.2, -0.15) is 0 Å². The Hall–Kier alpha value is -0.120. The second-order valence-electron chi connectivity index (χ2n) is 4.10. The van der Waals surface area contributed by atoms with Crippen molar-refractivity contribution in [3.63, 3.8) is 0 Å². The van der Waals surface area contributed by atoms with E-state index < -0.39 is 0 Å². The van der Waals surface area contributed by atoms with Crippen LogP contribution in [0, 0.1) is 0 Å². The maximum Gasteiger partial charge on any atom is 0.168 e. The monoisotopic (exact) mass is 185 g/mol. The van der Waals surface area contributed by atoms with E-state index >= 15 is 0 Å². The average molecular weight is 185 g/mol. The summed E-state index contributed by atoms with van der Waals surface area (Å²) in [5.74, 6) is -0.210. The molecule has 2 rings (SSSR count). The fraction of sp³-hybridized carbons (Fsp3) is 1.00. The van der Waals surface area contributed by atoms with Crippen molar-refractivity contribution < 1.29 is 9.47 Å². The van der Waals surface area contributed by atoms with Crippen molar-refractivity contribution >= 4 is 0 Å². The largest absolute Gasteiger partial charge is 0.347 e. The van der Waals surface area contributed by atoms with Crippen molar-refractivity contribution in [2.75, 3.05) is 13.2 Å². The molecular formula is C10H19NO2. The molecule has 0 amide bonds. The van der Waals surface area contributed by atoms with Gasteiger partial charge in [-0.1, -0.05) is 6.42 Å². The van der Waals surface area contributed by atoms with Crippen molar-refractivity contribution in [2.24, 2.45) is 5.73 Å². The summed E-state index contributed by atoms with van der Waals surface area (Å²) in [5.41, 5.74) is 5.49. The van der Waals surface area contributed by atoms with Gasteiger partial charge in [-0.15, -0.1) is 0 Å². The van der Waals surface area contributed by atoms with Gasteiger partial charge in [0.25, 0.3) is 0 Å². The molecule has 1 saturated carbocycles. The van der Waals surface area contributed by atoms with Crippen LogP contribution in [0.5, 0.6) is 0 Å². The number of rotatable bonds is 2. The quantitative estimate of drug-likeness (QED) is 0.707. The molecule has 1 aliphatic carbocycles. The average Bonchev–Trinajstić information content (AvgIpc) is 2.51. The molecule has 1 saturated heterocycles. The zero-order valence-corrected chi connectivity index (χ0v) is 8.13. The van der Waals surface area contributed by atoms with Crippen LogP contribution in [-0.2, 0) is 9.47 Å². The molecule has 1 aliphatic heterocycles. The summed E-state index contributed by atoms with van der Waals surface area (Å²) in [6.07, 6.45) is 7.16. The molecule has 0 aromatic rings. The summed E-state index contributed by atoms with van der Waals surface area (Å²) in [6, 6.07) is 0. The lowest BCUT2D eigenvalue weighted by atomic mass is 9.94. The molecule has 76 valence electrons. The molecule has 2 fully saturated rings. The standard InChI is InChI=1S/C10H19NO2/c11-7-4-9-8-12-10(13-9)5-2-1-3-6-10/h9H,1-8,11H2. The van der Waals surface area contributed by atoms with Gasteiger partial charge in [0.15, 0.2) is 5.79 Å². The normalized spacial score (nSPS) is 32.5. The lowest BCUT2D eigenvalue weighted by molar-refractivity contribution is -0.187. The first-order chi connectivity index (χ1) is 6.35. The van der Waals surface area contributed by atoms with Crippen LogP contribution >= 0.6 is 0 Å². The highest BCUT2D eigenvalue weighted by Gasteiger charge is 2.41. The topological polar surface area (TPSA) is 44.5 Å². The van der Waals surface area contributed by atoms with Gasteiger partial charge in [0.2, 0.25) is 0 Å². The lowest BCUT2D eigenvalue weighted by Gasteiger charge is -2.31. The van der Waals surface area contributed by atoms with E-state index in [0.29, 0.717) is 6.54 Å². The minimum Gasteiger partial charge on any atom is -0.347 e. The molecule has 0 bridgehead atoms. The van der Waals surface area contributed by atoms with Crippen molar-refractivity contribution in [3.8, 4) is 0 Å². The molecule has 0 radical (unpaired) electrons. The summed E-state index contributed by atoms with van der Waals surface area (Å²) in [6.45, 7) is 1.45. The second-order valence-corrected chi connectivity index (χ2v) is 4.10. The first kappa shape index (κ1) is 9.44. The number of ether oxygens (including phenoxy) is 2. The van der Waals surface area contributed by atoms with Crippen LogP contribution < -0.4 is 5.73 Å². The summed E-state index contributed by atoms with van der Waals surface area (Å²) in [7, 11) is 0. The SMILES string of the molecule is NCCC1COC2(CCCCC2)O1. The fourth-order valence-electron chi connectivity index (χ4n) is 2.30. The number of hydrogen-bond donors (Lipinski definition) is 1. The van der Waals surface area contributed by atoms with Crippen molar-refractivity contribution in [1.82, 2.24) is 0 Å². The van der Waals surface area contributed by atoms with Crippen LogP contribution in [0.4, 0.5) is 0 Å². The maximum absolute atomic E-state index is 5.93. The Morgan fingerprint density at radius 1 is 1.23 bits per heavy atom. The number of hydrogen-bond acceptors (Lipinski definition) is 3. The maximum atomic E-state index is 5.93. The van der Waals surface area contributed by atoms with Gasteiger partial charge in [0.05, 0.1) is 12.7 Å². The van der Waals surface area contributed by atoms with Gasteiger partial charge < -0.3 is 15.2 Å². The van der Waals surface area contributed by atoms with E-state index in [4.69, 9.17) is 15.2 Å². The van der Waals surface area contributed by atoms with Crippen LogP contribution in [0.3, 0.4) is 0 Å². The molecule has 0 aromatic heterocycles. The summed E-state index contributed by atoms with van der Waals surface area (Å²) < 4.78 is 11.7. The molecule has 2 N–H and O–H groups in total. The molecule has 1 unspecified atom stereocenters. The molecule has 1 atom stereocenters. The summed E-state index contributed by atoms with van der Waals surface area (Å²) >= 11 is 0. The third-order valence-electron chi connectivity index (χ3n) is 3.02. The van der Waals surface area contributed by atoms with Crippen molar-refractivity contribution in [2.45, 2.75) is 50.4 Å². The highest BCUT2D eigenvalue weighted by Crippen LogP contribution is 2.38. The van der Waals surface area contributed by atoms with Crippen LogP contribution in [0.15, 0.2) is 0 Å². The van der Waals surface area contributed by atoms with E-state index in [9.17, 15) is 0 Å². The smallest absolute Gasteiger partial charge is 0.168 e. The summed E-state index contributed by atoms with van der Waals surface area (Å²) in [5, 5.41) is 0. The Morgan fingerprint density at radius 2 is 2.00 bits per heavy atom. The molecule has 3 heteroatoms. The minimum atomic E-state index is -0.210. The van der Waals surface area contributed by atoms with Crippen LogP contribution in [-0.4, -0.2) is 25.0 Å². The zero-order chi connectivity index (χ0) is 9.15. The third-order valence-corrected chi connectivity index (χ3v) is 3.02. The Kier molecular flexibility index (Phi) is 2.86. The first-order valence-corrected chi connectivity index (χ1v) is 5.36. The van der Waals surface area contributed by atoms with E-state index in [2.05, 4.69) is 0 Å². The van der Waals surface area contributed by atoms with Gasteiger partial charge in [-0.05, 0) is 25.8 Å². The summed E-state index contributed by atoms with van der Waals surface area (Å²) in [4.78, 5) is 0. The molecule has 3 nitrogen and oxygen atoms in total. The van der Waals surface area contributed by atoms with E-state index in [-0.39, 0.29) is 11.9 Å². The zero-order valence-electron chi connectivity index (χ0n) is 8.13. The highest BCUT2D eigenvalue weighted by atomic mass is 16.7. The molecule has 1 spiro atoms. The Bertz CT molecular complexity index is 166. The highest BCUT2D eigenvalue weighted by molar-refractivity contribution is 4.82. The third kappa shape index (κ3) is 2.03. The van der Waals surface area contributed by atoms with E-state index in [0.717, 1.165) is 25.9 Å². The molecular weight excluding hydrogens is 166 g/mol. The minimum absolute atomic E-state index is 0.210. The number of nitrogens with two attached hydrogens (primary N) is 1. The van der Waals surface area contributed by atoms with Gasteiger partial charge in [0, 0.05) is 12.8 Å². The van der Waals surface area contributed by atoms with E-state index in [1.165, 1.54) is 19.3 Å². The van der Waals surface area contributed by atoms with Gasteiger partial charge in [0.1, 0.15) is 0 Å². The molecule has 13 heavy (non-hydrogen) atoms. The lowest BCUT2D eigenvalue weighted by Crippen LogP contribution is -2.33. The predicted octanol–water partition coefficient (Wildman–Crippen LogP) is 1.41. The van der Waals surface area contributed by atoms with Gasteiger partial charge >= 0.3 is 0 Å². The predicted molar refractivity (Wildman–Crippen MR) is 50.3 cm³/mol. The molecule has 1 heterocycles. The molecule has 0 aromatic carbocycles. The Balaban J connectivity index is 1.87. The first-order valence-electron chi connectivity index (χ1n) is 5.36. The Labute approximate surface area is 79.6 Å². The van der Waals surface area contributed by atoms with Crippen LogP contribution in [0.2, 0.25) is 0 Å². The Morgan fingerprint density at radius 3 is 2.69 bits per heavy atom. The van der Waals surface area contributed by atoms with Crippen molar-refractivity contribution in [3.05, 3.63) is 0 Å². The van der Waals surface area contributed by atoms with Crippen LogP contribution in [0.1, 0.15) is 38.5 Å². The van der Waals surface area contributed by atoms with Crippen molar-refractivity contribution in [1.29, 1.82) is 0 Å².